The minimum Gasteiger partial charge on any atom is -0.355 e. The highest BCUT2D eigenvalue weighted by Gasteiger charge is 2.36. The molecule has 1 heterocycles. The molecule has 11 heteroatoms. The van der Waals surface area contributed by atoms with Gasteiger partial charge < -0.3 is 10.6 Å². The predicted molar refractivity (Wildman–Crippen MR) is 128 cm³/mol. The van der Waals surface area contributed by atoms with E-state index in [1.54, 1.807) is 24.3 Å². The molecule has 0 radical (unpaired) electrons. The standard InChI is InChI=1S/C23H26N4O6.ClH/c28-22(3-1-2-16-4-8-18(9-5-16)26(30)31)20-14-24-15-21(20)23(29)25-13-12-17-6-10-19(11-7-17)27(32)33;/h4-11,20-21,24H,1-3,12-15H2,(H,25,29);1H/t20-,21-;/m1./s1. The molecule has 34 heavy (non-hydrogen) atoms. The van der Waals surface area contributed by atoms with E-state index in [-0.39, 0.29) is 41.4 Å². The lowest BCUT2D eigenvalue weighted by Gasteiger charge is -2.17. The zero-order valence-electron chi connectivity index (χ0n) is 18.5. The van der Waals surface area contributed by atoms with Gasteiger partial charge in [-0.05, 0) is 30.4 Å². The number of nitro groups is 2. The number of non-ortho nitro benzene ring substituents is 2. The molecule has 0 unspecified atom stereocenters. The van der Waals surface area contributed by atoms with Crippen molar-refractivity contribution in [1.82, 2.24) is 10.6 Å². The fraction of sp³-hybridized carbons (Fsp3) is 0.391. The van der Waals surface area contributed by atoms with Gasteiger partial charge in [-0.15, -0.1) is 12.4 Å². The van der Waals surface area contributed by atoms with E-state index in [1.807, 2.05) is 0 Å². The fourth-order valence-electron chi connectivity index (χ4n) is 3.97. The molecule has 1 fully saturated rings. The molecule has 0 spiro atoms. The quantitative estimate of drug-likeness (QED) is 0.363. The lowest BCUT2D eigenvalue weighted by Crippen LogP contribution is -2.38. The Labute approximate surface area is 202 Å². The molecule has 2 aromatic carbocycles. The molecule has 0 bridgehead atoms. The highest BCUT2D eigenvalue weighted by Crippen LogP contribution is 2.21. The van der Waals surface area contributed by atoms with Gasteiger partial charge in [-0.25, -0.2) is 0 Å². The third kappa shape index (κ3) is 7.32. The number of hydrogen-bond acceptors (Lipinski definition) is 7. The number of aryl methyl sites for hydroxylation is 1. The second-order valence-corrected chi connectivity index (χ2v) is 8.08. The van der Waals surface area contributed by atoms with Gasteiger partial charge in [0.15, 0.2) is 0 Å². The molecule has 1 aliphatic heterocycles. The molecule has 2 atom stereocenters. The molecule has 1 aliphatic rings. The van der Waals surface area contributed by atoms with Crippen LogP contribution in [0, 0.1) is 32.1 Å². The van der Waals surface area contributed by atoms with Crippen LogP contribution < -0.4 is 10.6 Å². The summed E-state index contributed by atoms with van der Waals surface area (Å²) in [6, 6.07) is 12.5. The highest BCUT2D eigenvalue weighted by molar-refractivity contribution is 5.89. The second-order valence-electron chi connectivity index (χ2n) is 8.08. The number of carbonyl (C=O) groups is 2. The number of benzene rings is 2. The van der Waals surface area contributed by atoms with E-state index in [1.165, 1.54) is 24.3 Å². The lowest BCUT2D eigenvalue weighted by molar-refractivity contribution is -0.385. The van der Waals surface area contributed by atoms with Crippen LogP contribution in [-0.2, 0) is 22.4 Å². The molecule has 0 aromatic heterocycles. The second kappa shape index (κ2) is 12.8. The summed E-state index contributed by atoms with van der Waals surface area (Å²) in [6.07, 6.45) is 2.13. The summed E-state index contributed by atoms with van der Waals surface area (Å²) in [5.74, 6) is -0.928. The first-order valence-corrected chi connectivity index (χ1v) is 10.8. The number of nitro benzene ring substituents is 2. The van der Waals surface area contributed by atoms with Crippen molar-refractivity contribution < 1.29 is 19.4 Å². The van der Waals surface area contributed by atoms with E-state index in [4.69, 9.17) is 0 Å². The number of Topliss-reactive ketones (excluding diaryl/α,β-unsaturated/α-hetero) is 1. The number of rotatable bonds is 11. The predicted octanol–water partition coefficient (Wildman–Crippen LogP) is 3.01. The SMILES string of the molecule is Cl.O=C(CCCc1ccc([N+](=O)[O-])cc1)[C@@H]1CNC[C@H]1C(=O)NCCc1ccc([N+](=O)[O-])cc1. The maximum absolute atomic E-state index is 12.7. The Kier molecular flexibility index (Phi) is 10.1. The first kappa shape index (κ1) is 26.9. The zero-order valence-corrected chi connectivity index (χ0v) is 19.3. The van der Waals surface area contributed by atoms with E-state index < -0.39 is 15.8 Å². The average Bonchev–Trinajstić information content (AvgIpc) is 3.30. The van der Waals surface area contributed by atoms with Crippen molar-refractivity contribution in [1.29, 1.82) is 0 Å². The smallest absolute Gasteiger partial charge is 0.269 e. The number of hydrogen-bond donors (Lipinski definition) is 2. The monoisotopic (exact) mass is 490 g/mol. The van der Waals surface area contributed by atoms with Crippen LogP contribution >= 0.6 is 12.4 Å². The van der Waals surface area contributed by atoms with Crippen LogP contribution in [0.15, 0.2) is 48.5 Å². The Morgan fingerprint density at radius 3 is 1.88 bits per heavy atom. The highest BCUT2D eigenvalue weighted by atomic mass is 35.5. The number of carbonyl (C=O) groups excluding carboxylic acids is 2. The average molecular weight is 491 g/mol. The normalized spacial score (nSPS) is 16.9. The largest absolute Gasteiger partial charge is 0.355 e. The molecule has 1 amide bonds. The van der Waals surface area contributed by atoms with Crippen LogP contribution in [0.5, 0.6) is 0 Å². The number of amides is 1. The van der Waals surface area contributed by atoms with Gasteiger partial charge in [0, 0.05) is 56.2 Å². The Hall–Kier alpha value is -3.37. The van der Waals surface area contributed by atoms with Gasteiger partial charge >= 0.3 is 0 Å². The molecular weight excluding hydrogens is 464 g/mol. The summed E-state index contributed by atoms with van der Waals surface area (Å²) >= 11 is 0. The summed E-state index contributed by atoms with van der Waals surface area (Å²) in [5.41, 5.74) is 1.87. The summed E-state index contributed by atoms with van der Waals surface area (Å²) < 4.78 is 0. The molecule has 1 saturated heterocycles. The maximum Gasteiger partial charge on any atom is 0.269 e. The van der Waals surface area contributed by atoms with Gasteiger partial charge in [0.2, 0.25) is 5.91 Å². The lowest BCUT2D eigenvalue weighted by atomic mass is 9.88. The summed E-state index contributed by atoms with van der Waals surface area (Å²) in [5, 5.41) is 27.4. The Balaban J connectivity index is 0.00000408. The Morgan fingerprint density at radius 2 is 1.35 bits per heavy atom. The maximum atomic E-state index is 12.7. The molecule has 0 aliphatic carbocycles. The zero-order chi connectivity index (χ0) is 23.8. The molecular formula is C23H27ClN4O6. The van der Waals surface area contributed by atoms with Crippen molar-refractivity contribution in [2.75, 3.05) is 19.6 Å². The third-order valence-electron chi connectivity index (χ3n) is 5.86. The van der Waals surface area contributed by atoms with Crippen LogP contribution in [0.4, 0.5) is 11.4 Å². The number of nitrogens with one attached hydrogen (secondary N) is 2. The summed E-state index contributed by atoms with van der Waals surface area (Å²) in [6.45, 7) is 1.30. The van der Waals surface area contributed by atoms with Crippen molar-refractivity contribution in [3.63, 3.8) is 0 Å². The van der Waals surface area contributed by atoms with Crippen LogP contribution in [0.2, 0.25) is 0 Å². The van der Waals surface area contributed by atoms with Gasteiger partial charge in [0.05, 0.1) is 15.8 Å². The topological polar surface area (TPSA) is 144 Å². The van der Waals surface area contributed by atoms with Gasteiger partial charge in [-0.3, -0.25) is 29.8 Å². The van der Waals surface area contributed by atoms with Crippen LogP contribution in [0.3, 0.4) is 0 Å². The number of nitrogens with zero attached hydrogens (tertiary/aromatic N) is 2. The molecule has 182 valence electrons. The van der Waals surface area contributed by atoms with E-state index in [9.17, 15) is 29.8 Å². The van der Waals surface area contributed by atoms with Gasteiger partial charge in [-0.2, -0.15) is 0 Å². The van der Waals surface area contributed by atoms with Gasteiger partial charge in [-0.1, -0.05) is 24.3 Å². The molecule has 2 aromatic rings. The van der Waals surface area contributed by atoms with E-state index >= 15 is 0 Å². The van der Waals surface area contributed by atoms with Crippen LogP contribution in [0.1, 0.15) is 24.0 Å². The molecule has 0 saturated carbocycles. The van der Waals surface area contributed by atoms with E-state index in [0.29, 0.717) is 45.3 Å². The summed E-state index contributed by atoms with van der Waals surface area (Å²) in [7, 11) is 0. The number of halogens is 1. The first-order chi connectivity index (χ1) is 15.8. The number of ketones is 1. The minimum atomic E-state index is -0.457. The van der Waals surface area contributed by atoms with Crippen molar-refractivity contribution in [2.45, 2.75) is 25.7 Å². The fourth-order valence-corrected chi connectivity index (χ4v) is 3.97. The first-order valence-electron chi connectivity index (χ1n) is 10.8. The van der Waals surface area contributed by atoms with E-state index in [0.717, 1.165) is 11.1 Å². The van der Waals surface area contributed by atoms with Crippen molar-refractivity contribution in [3.05, 3.63) is 79.9 Å². The van der Waals surface area contributed by atoms with Gasteiger partial charge in [0.25, 0.3) is 11.4 Å². The van der Waals surface area contributed by atoms with Crippen LogP contribution in [-0.4, -0.2) is 41.2 Å². The van der Waals surface area contributed by atoms with Crippen LogP contribution in [0.25, 0.3) is 0 Å². The molecule has 2 N–H and O–H groups in total. The van der Waals surface area contributed by atoms with Crippen molar-refractivity contribution in [2.24, 2.45) is 11.8 Å². The Morgan fingerprint density at radius 1 is 0.853 bits per heavy atom. The Bertz CT molecular complexity index is 932. The van der Waals surface area contributed by atoms with Crippen molar-refractivity contribution in [3.8, 4) is 0 Å². The minimum absolute atomic E-state index is 0. The molecule has 3 rings (SSSR count). The van der Waals surface area contributed by atoms with Crippen molar-refractivity contribution >= 4 is 35.5 Å². The van der Waals surface area contributed by atoms with E-state index in [2.05, 4.69) is 10.6 Å². The van der Waals surface area contributed by atoms with Gasteiger partial charge in [0.1, 0.15) is 5.78 Å². The third-order valence-corrected chi connectivity index (χ3v) is 5.86. The summed E-state index contributed by atoms with van der Waals surface area (Å²) in [4.78, 5) is 45.9. The molecule has 10 nitrogen and oxygen atoms in total.